The molecule has 2 N–H and O–H groups in total. The zero-order valence-corrected chi connectivity index (χ0v) is 18.5. The minimum Gasteiger partial charge on any atom is -0.465 e. The molecule has 0 atom stereocenters. The molecule has 1 heterocycles. The molecule has 0 spiro atoms. The quantitative estimate of drug-likeness (QED) is 0.447. The first-order chi connectivity index (χ1) is 14.2. The van der Waals surface area contributed by atoms with E-state index in [0.717, 1.165) is 5.56 Å². The van der Waals surface area contributed by atoms with Gasteiger partial charge in [-0.15, -0.1) is 11.3 Å². The molecule has 0 aliphatic rings. The predicted molar refractivity (Wildman–Crippen MR) is 114 cm³/mol. The van der Waals surface area contributed by atoms with Crippen molar-refractivity contribution in [1.29, 1.82) is 5.26 Å². The van der Waals surface area contributed by atoms with Crippen molar-refractivity contribution < 1.29 is 22.7 Å². The van der Waals surface area contributed by atoms with Crippen LogP contribution < -0.4 is 10.0 Å². The lowest BCUT2D eigenvalue weighted by Crippen LogP contribution is -2.24. The average molecular weight is 450 g/mol. The number of hydrogen-bond donors (Lipinski definition) is 2. The van der Waals surface area contributed by atoms with Gasteiger partial charge in [0.05, 0.1) is 23.6 Å². The summed E-state index contributed by atoms with van der Waals surface area (Å²) >= 11 is 1.24. The molecule has 0 bridgehead atoms. The van der Waals surface area contributed by atoms with Gasteiger partial charge in [0.25, 0.3) is 5.91 Å². The number of anilines is 1. The predicted octanol–water partition coefficient (Wildman–Crippen LogP) is 3.18. The van der Waals surface area contributed by atoms with Crippen molar-refractivity contribution in [2.45, 2.75) is 31.6 Å². The minimum atomic E-state index is -3.76. The van der Waals surface area contributed by atoms with Crippen LogP contribution in [0.5, 0.6) is 0 Å². The highest BCUT2D eigenvalue weighted by Crippen LogP contribution is 2.31. The molecular formula is C20H23N3O5S2. The van der Waals surface area contributed by atoms with E-state index in [1.807, 2.05) is 25.3 Å². The van der Waals surface area contributed by atoms with Crippen LogP contribution in [0.25, 0.3) is 0 Å². The molecule has 1 aromatic carbocycles. The maximum Gasteiger partial charge on any atom is 0.341 e. The second-order valence-electron chi connectivity index (χ2n) is 6.84. The number of ether oxygens (including phenoxy) is 1. The highest BCUT2D eigenvalue weighted by atomic mass is 32.2. The van der Waals surface area contributed by atoms with Crippen molar-refractivity contribution in [3.05, 3.63) is 46.3 Å². The third-order valence-corrected chi connectivity index (χ3v) is 6.49. The lowest BCUT2D eigenvalue weighted by Gasteiger charge is -2.09. The first-order valence-electron chi connectivity index (χ1n) is 9.16. The topological polar surface area (TPSA) is 125 Å². The van der Waals surface area contributed by atoms with E-state index in [-0.39, 0.29) is 23.4 Å². The number of thiophene rings is 1. The molecule has 160 valence electrons. The van der Waals surface area contributed by atoms with Crippen LogP contribution in [-0.2, 0) is 21.2 Å². The summed E-state index contributed by atoms with van der Waals surface area (Å²) in [5, 5.41) is 13.4. The molecular weight excluding hydrogens is 426 g/mol. The lowest BCUT2D eigenvalue weighted by atomic mass is 10.0. The Hall–Kier alpha value is -2.74. The number of carbonyl (C=O) groups is 2. The number of sulfonamides is 1. The Morgan fingerprint density at radius 1 is 1.23 bits per heavy atom. The standard InChI is InChI=1S/C20H23N3O5S2/c1-13(2)11-15-12-29-19(17(15)20(25)28-3)23-18(24)14-5-7-16(8-6-14)30(26,27)22-10-4-9-21/h5-8,12-13,22H,4,10-11H2,1-3H3,(H,23,24). The normalized spacial score (nSPS) is 11.2. The second-order valence-corrected chi connectivity index (χ2v) is 9.49. The summed E-state index contributed by atoms with van der Waals surface area (Å²) in [7, 11) is -2.47. The molecule has 0 saturated carbocycles. The van der Waals surface area contributed by atoms with E-state index in [1.165, 1.54) is 42.7 Å². The fourth-order valence-electron chi connectivity index (χ4n) is 2.69. The van der Waals surface area contributed by atoms with Crippen molar-refractivity contribution in [1.82, 2.24) is 4.72 Å². The van der Waals surface area contributed by atoms with Gasteiger partial charge in [0.15, 0.2) is 0 Å². The maximum absolute atomic E-state index is 12.6. The summed E-state index contributed by atoms with van der Waals surface area (Å²) in [6.45, 7) is 4.07. The molecule has 0 radical (unpaired) electrons. The number of hydrogen-bond acceptors (Lipinski definition) is 7. The average Bonchev–Trinajstić information content (AvgIpc) is 3.08. The molecule has 2 rings (SSSR count). The van der Waals surface area contributed by atoms with Gasteiger partial charge in [-0.1, -0.05) is 13.8 Å². The summed E-state index contributed by atoms with van der Waals surface area (Å²) in [6, 6.07) is 7.24. The largest absolute Gasteiger partial charge is 0.465 e. The number of rotatable bonds is 9. The number of amides is 1. The van der Waals surface area contributed by atoms with Crippen molar-refractivity contribution in [3.63, 3.8) is 0 Å². The van der Waals surface area contributed by atoms with Gasteiger partial charge >= 0.3 is 5.97 Å². The number of esters is 1. The van der Waals surface area contributed by atoms with E-state index >= 15 is 0 Å². The van der Waals surface area contributed by atoms with Crippen LogP contribution in [-0.4, -0.2) is 33.9 Å². The summed E-state index contributed by atoms with van der Waals surface area (Å²) in [5.41, 5.74) is 1.38. The number of methoxy groups -OCH3 is 1. The lowest BCUT2D eigenvalue weighted by molar-refractivity contribution is 0.0601. The van der Waals surface area contributed by atoms with E-state index in [0.29, 0.717) is 22.9 Å². The smallest absolute Gasteiger partial charge is 0.341 e. The van der Waals surface area contributed by atoms with Gasteiger partial charge in [-0.3, -0.25) is 4.79 Å². The summed E-state index contributed by atoms with van der Waals surface area (Å²) in [5.74, 6) is -0.672. The van der Waals surface area contributed by atoms with Gasteiger partial charge in [-0.25, -0.2) is 17.9 Å². The number of nitrogens with zero attached hydrogens (tertiary/aromatic N) is 1. The molecule has 0 aliphatic carbocycles. The van der Waals surface area contributed by atoms with Crippen LogP contribution >= 0.6 is 11.3 Å². The van der Waals surface area contributed by atoms with Gasteiger partial charge < -0.3 is 10.1 Å². The fraction of sp³-hybridized carbons (Fsp3) is 0.350. The van der Waals surface area contributed by atoms with Crippen molar-refractivity contribution in [2.24, 2.45) is 5.92 Å². The van der Waals surface area contributed by atoms with E-state index in [4.69, 9.17) is 10.00 Å². The van der Waals surface area contributed by atoms with Gasteiger partial charge in [-0.2, -0.15) is 5.26 Å². The van der Waals surface area contributed by atoms with Crippen molar-refractivity contribution >= 4 is 38.2 Å². The van der Waals surface area contributed by atoms with E-state index < -0.39 is 21.9 Å². The Morgan fingerprint density at radius 2 is 1.90 bits per heavy atom. The molecule has 10 heteroatoms. The molecule has 30 heavy (non-hydrogen) atoms. The minimum absolute atomic E-state index is 0.00840. The molecule has 0 aliphatic heterocycles. The van der Waals surface area contributed by atoms with Gasteiger partial charge in [-0.05, 0) is 47.5 Å². The zero-order valence-electron chi connectivity index (χ0n) is 16.9. The summed E-state index contributed by atoms with van der Waals surface area (Å²) in [6.07, 6.45) is 0.726. The third-order valence-electron chi connectivity index (χ3n) is 4.07. The van der Waals surface area contributed by atoms with E-state index in [1.54, 1.807) is 0 Å². The Morgan fingerprint density at radius 3 is 2.47 bits per heavy atom. The number of carbonyl (C=O) groups excluding carboxylic acids is 2. The van der Waals surface area contributed by atoms with Crippen LogP contribution in [0.15, 0.2) is 34.5 Å². The van der Waals surface area contributed by atoms with Crippen LogP contribution in [0.4, 0.5) is 5.00 Å². The summed E-state index contributed by atoms with van der Waals surface area (Å²) in [4.78, 5) is 24.8. The Balaban J connectivity index is 2.20. The Labute approximate surface area is 179 Å². The zero-order chi connectivity index (χ0) is 22.3. The van der Waals surface area contributed by atoms with Gasteiger partial charge in [0, 0.05) is 18.5 Å². The van der Waals surface area contributed by atoms with E-state index in [2.05, 4.69) is 10.0 Å². The molecule has 1 amide bonds. The highest BCUT2D eigenvalue weighted by Gasteiger charge is 2.22. The van der Waals surface area contributed by atoms with Crippen LogP contribution in [0.2, 0.25) is 0 Å². The molecule has 0 saturated heterocycles. The number of nitriles is 1. The van der Waals surface area contributed by atoms with Crippen LogP contribution in [0.3, 0.4) is 0 Å². The first kappa shape index (κ1) is 23.5. The Bertz CT molecular complexity index is 1050. The molecule has 1 aromatic heterocycles. The number of benzene rings is 1. The highest BCUT2D eigenvalue weighted by molar-refractivity contribution is 7.89. The van der Waals surface area contributed by atoms with Gasteiger partial charge in [0.2, 0.25) is 10.0 Å². The molecule has 0 fully saturated rings. The number of nitrogens with one attached hydrogen (secondary N) is 2. The van der Waals surface area contributed by atoms with Crippen molar-refractivity contribution in [3.8, 4) is 6.07 Å². The molecule has 8 nitrogen and oxygen atoms in total. The SMILES string of the molecule is COC(=O)c1c(CC(C)C)csc1NC(=O)c1ccc(S(=O)(=O)NCCC#N)cc1. The molecule has 2 aromatic rings. The monoisotopic (exact) mass is 449 g/mol. The van der Waals surface area contributed by atoms with Gasteiger partial charge in [0.1, 0.15) is 5.00 Å². The van der Waals surface area contributed by atoms with E-state index in [9.17, 15) is 18.0 Å². The second kappa shape index (κ2) is 10.3. The van der Waals surface area contributed by atoms with Crippen LogP contribution in [0.1, 0.15) is 46.5 Å². The summed E-state index contributed by atoms with van der Waals surface area (Å²) < 4.78 is 31.5. The van der Waals surface area contributed by atoms with Crippen LogP contribution in [0, 0.1) is 17.2 Å². The first-order valence-corrected chi connectivity index (χ1v) is 11.5. The Kier molecular flexibility index (Phi) is 8.11. The molecule has 0 unspecified atom stereocenters. The van der Waals surface area contributed by atoms with Crippen molar-refractivity contribution in [2.75, 3.05) is 19.0 Å². The third kappa shape index (κ3) is 5.89. The fourth-order valence-corrected chi connectivity index (χ4v) is 4.68. The maximum atomic E-state index is 12.6.